The summed E-state index contributed by atoms with van der Waals surface area (Å²) < 4.78 is 6.51. The summed E-state index contributed by atoms with van der Waals surface area (Å²) in [5, 5.41) is 3.49. The van der Waals surface area contributed by atoms with Crippen molar-refractivity contribution in [3.8, 4) is 0 Å². The summed E-state index contributed by atoms with van der Waals surface area (Å²) in [6.07, 6.45) is 1.84. The maximum absolute atomic E-state index is 12.1. The molecule has 0 bridgehead atoms. The first kappa shape index (κ1) is 16.1. The zero-order valence-corrected chi connectivity index (χ0v) is 14.4. The number of nitrogens with one attached hydrogen (secondary N) is 1. The molecule has 1 fully saturated rings. The third-order valence-corrected chi connectivity index (χ3v) is 3.82. The highest BCUT2D eigenvalue weighted by atomic mass is 79.9. The number of likely N-dealkylation sites (tertiary alicyclic amines) is 1. The molecule has 0 radical (unpaired) electrons. The molecule has 4 nitrogen and oxygen atoms in total. The summed E-state index contributed by atoms with van der Waals surface area (Å²) in [4.78, 5) is 13.9. The van der Waals surface area contributed by atoms with Crippen LogP contribution in [0.5, 0.6) is 0 Å². The number of benzene rings is 1. The van der Waals surface area contributed by atoms with Crippen molar-refractivity contribution < 1.29 is 9.53 Å². The van der Waals surface area contributed by atoms with Crippen molar-refractivity contribution in [2.45, 2.75) is 45.3 Å². The minimum absolute atomic E-state index is 0.218. The highest BCUT2D eigenvalue weighted by Crippen LogP contribution is 2.20. The van der Waals surface area contributed by atoms with Crippen LogP contribution in [0.4, 0.5) is 10.5 Å². The van der Waals surface area contributed by atoms with Crippen LogP contribution >= 0.6 is 15.9 Å². The van der Waals surface area contributed by atoms with Gasteiger partial charge in [0.05, 0.1) is 0 Å². The monoisotopic (exact) mass is 354 g/mol. The number of rotatable bonds is 2. The van der Waals surface area contributed by atoms with Gasteiger partial charge >= 0.3 is 6.09 Å². The lowest BCUT2D eigenvalue weighted by Gasteiger charge is -2.34. The zero-order chi connectivity index (χ0) is 15.5. The van der Waals surface area contributed by atoms with Crippen LogP contribution in [0.3, 0.4) is 0 Å². The largest absolute Gasteiger partial charge is 0.444 e. The molecule has 2 rings (SSSR count). The normalized spacial score (nSPS) is 19.2. The van der Waals surface area contributed by atoms with Crippen molar-refractivity contribution in [3.05, 3.63) is 28.7 Å². The van der Waals surface area contributed by atoms with Gasteiger partial charge in [-0.25, -0.2) is 4.79 Å². The third-order valence-electron chi connectivity index (χ3n) is 3.29. The van der Waals surface area contributed by atoms with Gasteiger partial charge in [-0.3, -0.25) is 0 Å². The molecule has 116 valence electrons. The molecule has 1 aliphatic rings. The number of nitrogens with zero attached hydrogens (tertiary/aromatic N) is 1. The van der Waals surface area contributed by atoms with Crippen molar-refractivity contribution in [2.75, 3.05) is 18.4 Å². The lowest BCUT2D eigenvalue weighted by Crippen LogP contribution is -2.46. The van der Waals surface area contributed by atoms with E-state index in [1.54, 1.807) is 4.90 Å². The van der Waals surface area contributed by atoms with E-state index in [-0.39, 0.29) is 12.1 Å². The van der Waals surface area contributed by atoms with Crippen LogP contribution in [0.1, 0.15) is 33.6 Å². The Labute approximate surface area is 135 Å². The van der Waals surface area contributed by atoms with Crippen molar-refractivity contribution in [1.29, 1.82) is 0 Å². The van der Waals surface area contributed by atoms with E-state index in [0.29, 0.717) is 6.54 Å². The van der Waals surface area contributed by atoms with Gasteiger partial charge in [0.15, 0.2) is 0 Å². The van der Waals surface area contributed by atoms with Crippen LogP contribution in [0.2, 0.25) is 0 Å². The van der Waals surface area contributed by atoms with Gasteiger partial charge in [-0.1, -0.05) is 15.9 Å². The first-order chi connectivity index (χ1) is 9.83. The minimum atomic E-state index is -0.441. The molecule has 5 heteroatoms. The molecule has 1 saturated heterocycles. The Kier molecular flexibility index (Phi) is 5.14. The van der Waals surface area contributed by atoms with Crippen LogP contribution in [0, 0.1) is 0 Å². The fourth-order valence-corrected chi connectivity index (χ4v) is 2.63. The Morgan fingerprint density at radius 2 is 2.00 bits per heavy atom. The predicted molar refractivity (Wildman–Crippen MR) is 88.6 cm³/mol. The number of carbonyl (C=O) groups excluding carboxylic acids is 1. The van der Waals surface area contributed by atoms with E-state index in [9.17, 15) is 4.79 Å². The molecule has 1 heterocycles. The number of piperidine rings is 1. The second-order valence-electron chi connectivity index (χ2n) is 6.42. The SMILES string of the molecule is CC(C)(C)OC(=O)N1CCC[C@H](Nc2ccc(Br)cc2)C1. The van der Waals surface area contributed by atoms with E-state index in [1.165, 1.54) is 0 Å². The van der Waals surface area contributed by atoms with Crippen LogP contribution < -0.4 is 5.32 Å². The average molecular weight is 355 g/mol. The molecule has 0 aromatic heterocycles. The lowest BCUT2D eigenvalue weighted by molar-refractivity contribution is 0.0206. The standard InChI is InChI=1S/C16H23BrN2O2/c1-16(2,3)21-15(20)19-10-4-5-14(11-19)18-13-8-6-12(17)7-9-13/h6-9,14,18H,4-5,10-11H2,1-3H3/t14-/m0/s1. The molecule has 21 heavy (non-hydrogen) atoms. The predicted octanol–water partition coefficient (Wildman–Crippen LogP) is 4.26. The van der Waals surface area contributed by atoms with E-state index in [0.717, 1.165) is 29.5 Å². The Balaban J connectivity index is 1.91. The summed E-state index contributed by atoms with van der Waals surface area (Å²) in [6, 6.07) is 8.37. The van der Waals surface area contributed by atoms with Crippen molar-refractivity contribution in [2.24, 2.45) is 0 Å². The summed E-state index contributed by atoms with van der Waals surface area (Å²) in [6.45, 7) is 7.14. The van der Waals surface area contributed by atoms with Gasteiger partial charge in [0, 0.05) is 29.3 Å². The van der Waals surface area contributed by atoms with Crippen LogP contribution in [-0.4, -0.2) is 35.7 Å². The molecular formula is C16H23BrN2O2. The van der Waals surface area contributed by atoms with Gasteiger partial charge < -0.3 is 15.0 Å². The van der Waals surface area contributed by atoms with Crippen molar-refractivity contribution in [3.63, 3.8) is 0 Å². The van der Waals surface area contributed by atoms with Gasteiger partial charge in [0.1, 0.15) is 5.60 Å². The number of carbonyl (C=O) groups is 1. The maximum Gasteiger partial charge on any atom is 0.410 e. The number of anilines is 1. The summed E-state index contributed by atoms with van der Waals surface area (Å²) in [7, 11) is 0. The topological polar surface area (TPSA) is 41.6 Å². The van der Waals surface area contributed by atoms with Gasteiger partial charge in [-0.15, -0.1) is 0 Å². The highest BCUT2D eigenvalue weighted by Gasteiger charge is 2.27. The second kappa shape index (κ2) is 6.69. The Morgan fingerprint density at radius 1 is 1.33 bits per heavy atom. The van der Waals surface area contributed by atoms with E-state index in [4.69, 9.17) is 4.74 Å². The molecule has 1 aromatic rings. The molecule has 1 aliphatic heterocycles. The third kappa shape index (κ3) is 5.23. The lowest BCUT2D eigenvalue weighted by atomic mass is 10.1. The van der Waals surface area contributed by atoms with E-state index < -0.39 is 5.60 Å². The molecule has 0 aliphatic carbocycles. The summed E-state index contributed by atoms with van der Waals surface area (Å²) >= 11 is 3.43. The molecule has 1 aromatic carbocycles. The molecular weight excluding hydrogens is 332 g/mol. The second-order valence-corrected chi connectivity index (χ2v) is 7.33. The van der Waals surface area contributed by atoms with Crippen LogP contribution in [-0.2, 0) is 4.74 Å². The number of ether oxygens (including phenoxy) is 1. The van der Waals surface area contributed by atoms with Gasteiger partial charge in [-0.05, 0) is 57.9 Å². The fraction of sp³-hybridized carbons (Fsp3) is 0.562. The smallest absolute Gasteiger partial charge is 0.410 e. The zero-order valence-electron chi connectivity index (χ0n) is 12.9. The summed E-state index contributed by atoms with van der Waals surface area (Å²) in [5.74, 6) is 0. The van der Waals surface area contributed by atoms with Gasteiger partial charge in [-0.2, -0.15) is 0 Å². The number of hydrogen-bond donors (Lipinski definition) is 1. The Hall–Kier alpha value is -1.23. The quantitative estimate of drug-likeness (QED) is 0.862. The van der Waals surface area contributed by atoms with Crippen LogP contribution in [0.15, 0.2) is 28.7 Å². The average Bonchev–Trinajstić information content (AvgIpc) is 2.40. The first-order valence-corrected chi connectivity index (χ1v) is 8.13. The molecule has 0 spiro atoms. The maximum atomic E-state index is 12.1. The first-order valence-electron chi connectivity index (χ1n) is 7.33. The Bertz CT molecular complexity index is 482. The van der Waals surface area contributed by atoms with Gasteiger partial charge in [0.25, 0.3) is 0 Å². The van der Waals surface area contributed by atoms with E-state index in [1.807, 2.05) is 45.0 Å². The fourth-order valence-electron chi connectivity index (χ4n) is 2.37. The number of hydrogen-bond acceptors (Lipinski definition) is 3. The molecule has 1 N–H and O–H groups in total. The van der Waals surface area contributed by atoms with Crippen LogP contribution in [0.25, 0.3) is 0 Å². The van der Waals surface area contributed by atoms with Crippen molar-refractivity contribution in [1.82, 2.24) is 4.90 Å². The van der Waals surface area contributed by atoms with Gasteiger partial charge in [0.2, 0.25) is 0 Å². The van der Waals surface area contributed by atoms with E-state index in [2.05, 4.69) is 21.2 Å². The molecule has 0 saturated carbocycles. The summed E-state index contributed by atoms with van der Waals surface area (Å²) in [5.41, 5.74) is 0.637. The minimum Gasteiger partial charge on any atom is -0.444 e. The number of halogens is 1. The van der Waals surface area contributed by atoms with E-state index >= 15 is 0 Å². The molecule has 1 amide bonds. The molecule has 0 unspecified atom stereocenters. The van der Waals surface area contributed by atoms with Crippen molar-refractivity contribution >= 4 is 27.7 Å². The highest BCUT2D eigenvalue weighted by molar-refractivity contribution is 9.10. The number of amides is 1. The Morgan fingerprint density at radius 3 is 2.62 bits per heavy atom. The molecule has 1 atom stereocenters.